The van der Waals surface area contributed by atoms with Gasteiger partial charge in [0, 0.05) is 10.5 Å². The Balaban J connectivity index is 1.64. The van der Waals surface area contributed by atoms with Crippen LogP contribution in [0.3, 0.4) is 0 Å². The second kappa shape index (κ2) is 5.39. The van der Waals surface area contributed by atoms with Gasteiger partial charge in [0.05, 0.1) is 32.7 Å². The van der Waals surface area contributed by atoms with Gasteiger partial charge in [0.15, 0.2) is 9.84 Å². The van der Waals surface area contributed by atoms with Crippen molar-refractivity contribution in [2.75, 3.05) is 16.5 Å². The molecular weight excluding hydrogens is 352 g/mol. The quantitative estimate of drug-likeness (QED) is 0.713. The number of rotatable bonds is 1. The van der Waals surface area contributed by atoms with E-state index in [0.717, 1.165) is 9.92 Å². The molecule has 0 N–H and O–H groups in total. The van der Waals surface area contributed by atoms with Crippen LogP contribution in [0.4, 0.5) is 5.69 Å². The summed E-state index contributed by atoms with van der Waals surface area (Å²) in [6.45, 7) is 1.83. The number of hydrogen-bond donors (Lipinski definition) is 0. The molecule has 1 aromatic carbocycles. The van der Waals surface area contributed by atoms with E-state index in [2.05, 4.69) is 5.10 Å². The van der Waals surface area contributed by atoms with Crippen LogP contribution in [-0.2, 0) is 14.6 Å². The van der Waals surface area contributed by atoms with Crippen molar-refractivity contribution >= 4 is 50.7 Å². The maximum absolute atomic E-state index is 12.8. The summed E-state index contributed by atoms with van der Waals surface area (Å²) >= 11 is 3.04. The maximum atomic E-state index is 12.8. The molecule has 0 saturated carbocycles. The molecule has 0 spiro atoms. The summed E-state index contributed by atoms with van der Waals surface area (Å²) in [7, 11) is -2.92. The minimum atomic E-state index is -2.92. The van der Waals surface area contributed by atoms with Crippen LogP contribution in [0.25, 0.3) is 0 Å². The Morgan fingerprint density at radius 1 is 1.13 bits per heavy atom. The van der Waals surface area contributed by atoms with Gasteiger partial charge < -0.3 is 0 Å². The van der Waals surface area contributed by atoms with Gasteiger partial charge in [-0.3, -0.25) is 4.79 Å². The first kappa shape index (κ1) is 15.3. The number of amides is 1. The number of para-hydroxylation sites is 1. The number of hydrogen-bond acceptors (Lipinski definition) is 6. The Labute approximate surface area is 143 Å². The summed E-state index contributed by atoms with van der Waals surface area (Å²) in [5.41, 5.74) is 2.05. The first-order valence-corrected chi connectivity index (χ1v) is 10.8. The minimum absolute atomic E-state index is 0.0545. The first-order chi connectivity index (χ1) is 10.9. The summed E-state index contributed by atoms with van der Waals surface area (Å²) in [6, 6.07) is 9.32. The molecule has 8 heteroatoms. The normalized spacial score (nSPS) is 29.2. The van der Waals surface area contributed by atoms with Gasteiger partial charge in [0.1, 0.15) is 0 Å². The third kappa shape index (κ3) is 2.62. The number of nitrogens with zero attached hydrogens (tertiary/aromatic N) is 2. The van der Waals surface area contributed by atoms with Crippen LogP contribution in [0.2, 0.25) is 0 Å². The minimum Gasteiger partial charge on any atom is -0.267 e. The number of sulfone groups is 1. The Kier molecular flexibility index (Phi) is 3.58. The van der Waals surface area contributed by atoms with Gasteiger partial charge in [-0.25, -0.2) is 8.42 Å². The van der Waals surface area contributed by atoms with Gasteiger partial charge in [-0.2, -0.15) is 10.1 Å². The molecule has 5 nitrogen and oxygen atoms in total. The molecule has 0 aliphatic carbocycles. The van der Waals surface area contributed by atoms with E-state index in [4.69, 9.17) is 0 Å². The van der Waals surface area contributed by atoms with Crippen LogP contribution < -0.4 is 5.01 Å². The highest BCUT2D eigenvalue weighted by Gasteiger charge is 2.46. The van der Waals surface area contributed by atoms with Crippen molar-refractivity contribution in [3.8, 4) is 0 Å². The summed E-state index contributed by atoms with van der Waals surface area (Å²) in [5, 5.41) is 5.92. The molecule has 120 valence electrons. The SMILES string of the molecule is CC1=NN(c2ccccc2)C(=O)C1=C1SC2CS(=O)(=O)CC2S1. The number of anilines is 1. The molecule has 1 amide bonds. The number of carbonyl (C=O) groups is 1. The number of carbonyl (C=O) groups excluding carboxylic acids is 1. The number of hydrazone groups is 1. The zero-order chi connectivity index (χ0) is 16.2. The predicted molar refractivity (Wildman–Crippen MR) is 95.5 cm³/mol. The van der Waals surface area contributed by atoms with Crippen molar-refractivity contribution in [2.24, 2.45) is 5.10 Å². The van der Waals surface area contributed by atoms with E-state index in [-0.39, 0.29) is 27.9 Å². The zero-order valence-corrected chi connectivity index (χ0v) is 14.7. The molecule has 1 aromatic rings. The first-order valence-electron chi connectivity index (χ1n) is 7.18. The Hall–Kier alpha value is -1.25. The average molecular weight is 366 g/mol. The molecule has 0 bridgehead atoms. The molecular formula is C15H14N2O3S3. The molecule has 2 fully saturated rings. The highest BCUT2D eigenvalue weighted by molar-refractivity contribution is 8.27. The Morgan fingerprint density at radius 3 is 2.35 bits per heavy atom. The van der Waals surface area contributed by atoms with Crippen LogP contribution in [-0.4, -0.2) is 42.0 Å². The smallest absolute Gasteiger partial charge is 0.267 e. The third-order valence-electron chi connectivity index (χ3n) is 3.99. The fourth-order valence-electron chi connectivity index (χ4n) is 2.91. The van der Waals surface area contributed by atoms with Gasteiger partial charge in [-0.05, 0) is 19.1 Å². The van der Waals surface area contributed by atoms with Crippen LogP contribution in [0, 0.1) is 0 Å². The molecule has 23 heavy (non-hydrogen) atoms. The van der Waals surface area contributed by atoms with Crippen LogP contribution in [0.15, 0.2) is 45.2 Å². The third-order valence-corrected chi connectivity index (χ3v) is 9.33. The lowest BCUT2D eigenvalue weighted by molar-refractivity contribution is -0.114. The van der Waals surface area contributed by atoms with Gasteiger partial charge in [-0.1, -0.05) is 18.2 Å². The van der Waals surface area contributed by atoms with Crippen molar-refractivity contribution in [3.63, 3.8) is 0 Å². The summed E-state index contributed by atoms with van der Waals surface area (Å²) in [4.78, 5) is 12.8. The van der Waals surface area contributed by atoms with E-state index in [0.29, 0.717) is 11.3 Å². The second-order valence-corrected chi connectivity index (χ2v) is 10.6. The van der Waals surface area contributed by atoms with Crippen molar-refractivity contribution < 1.29 is 13.2 Å². The van der Waals surface area contributed by atoms with Crippen molar-refractivity contribution in [1.82, 2.24) is 0 Å². The molecule has 3 aliphatic rings. The van der Waals surface area contributed by atoms with E-state index in [9.17, 15) is 13.2 Å². The summed E-state index contributed by atoms with van der Waals surface area (Å²) in [6.07, 6.45) is 0. The molecule has 2 saturated heterocycles. The molecule has 4 rings (SSSR count). The second-order valence-electron chi connectivity index (χ2n) is 5.69. The predicted octanol–water partition coefficient (Wildman–Crippen LogP) is 2.27. The van der Waals surface area contributed by atoms with Gasteiger partial charge in [-0.15, -0.1) is 23.5 Å². The lowest BCUT2D eigenvalue weighted by atomic mass is 10.2. The van der Waals surface area contributed by atoms with E-state index >= 15 is 0 Å². The average Bonchev–Trinajstić information content (AvgIpc) is 3.08. The number of benzene rings is 1. The van der Waals surface area contributed by atoms with Crippen LogP contribution in [0.5, 0.6) is 0 Å². The van der Waals surface area contributed by atoms with Crippen molar-refractivity contribution in [2.45, 2.75) is 17.4 Å². The highest BCUT2D eigenvalue weighted by atomic mass is 32.2. The van der Waals surface area contributed by atoms with E-state index < -0.39 is 9.84 Å². The number of thioether (sulfide) groups is 2. The van der Waals surface area contributed by atoms with Crippen LogP contribution >= 0.6 is 23.5 Å². The zero-order valence-electron chi connectivity index (χ0n) is 12.3. The Morgan fingerprint density at radius 2 is 1.74 bits per heavy atom. The largest absolute Gasteiger partial charge is 0.282 e. The molecule has 2 atom stereocenters. The topological polar surface area (TPSA) is 66.8 Å². The van der Waals surface area contributed by atoms with E-state index in [1.807, 2.05) is 37.3 Å². The molecule has 2 unspecified atom stereocenters. The van der Waals surface area contributed by atoms with Crippen molar-refractivity contribution in [3.05, 3.63) is 40.1 Å². The van der Waals surface area contributed by atoms with Crippen LogP contribution in [0.1, 0.15) is 6.92 Å². The van der Waals surface area contributed by atoms with Crippen molar-refractivity contribution in [1.29, 1.82) is 0 Å². The lowest BCUT2D eigenvalue weighted by Crippen LogP contribution is -2.21. The molecule has 3 heterocycles. The molecule has 0 aromatic heterocycles. The molecule has 3 aliphatic heterocycles. The monoisotopic (exact) mass is 366 g/mol. The molecule has 0 radical (unpaired) electrons. The van der Waals surface area contributed by atoms with E-state index in [1.54, 1.807) is 0 Å². The fourth-order valence-corrected chi connectivity index (χ4v) is 9.59. The van der Waals surface area contributed by atoms with Gasteiger partial charge in [0.2, 0.25) is 0 Å². The van der Waals surface area contributed by atoms with Gasteiger partial charge in [0.25, 0.3) is 5.91 Å². The summed E-state index contributed by atoms with van der Waals surface area (Å²) < 4.78 is 24.3. The summed E-state index contributed by atoms with van der Waals surface area (Å²) in [5.74, 6) is 0.282. The lowest BCUT2D eigenvalue weighted by Gasteiger charge is -2.11. The van der Waals surface area contributed by atoms with Gasteiger partial charge >= 0.3 is 0 Å². The van der Waals surface area contributed by atoms with E-state index in [1.165, 1.54) is 28.5 Å². The standard InChI is InChI=1S/C15H14N2O3S3/c1-9-13(14(18)17(16-9)10-5-3-2-4-6-10)15-21-11-7-23(19,20)8-12(11)22-15/h2-6,11-12H,7-8H2,1H3. The Bertz CT molecular complexity index is 824. The highest BCUT2D eigenvalue weighted by Crippen LogP contribution is 2.53. The fraction of sp³-hybridized carbons (Fsp3) is 0.333. The number of fused-ring (bicyclic) bond motifs is 1. The maximum Gasteiger partial charge on any atom is 0.282 e.